The number of sulfonamides is 1. The number of amides is 1. The summed E-state index contributed by atoms with van der Waals surface area (Å²) in [4.78, 5) is 11.6. The molecule has 7 heteroatoms. The monoisotopic (exact) mass is 318 g/mol. The Balaban J connectivity index is 2.66. The molecule has 0 unspecified atom stereocenters. The van der Waals surface area contributed by atoms with Crippen LogP contribution in [0.2, 0.25) is 5.02 Å². The lowest BCUT2D eigenvalue weighted by molar-refractivity contribution is -0.122. The molecular formula is C13H19ClN2O3S. The zero-order chi connectivity index (χ0) is 15.2. The Morgan fingerprint density at radius 1 is 1.35 bits per heavy atom. The Kier molecular flexibility index (Phi) is 6.45. The van der Waals surface area contributed by atoms with Gasteiger partial charge in [-0.3, -0.25) is 4.79 Å². The van der Waals surface area contributed by atoms with Gasteiger partial charge in [0, 0.05) is 11.6 Å². The van der Waals surface area contributed by atoms with Crippen LogP contribution in [0, 0.1) is 0 Å². The summed E-state index contributed by atoms with van der Waals surface area (Å²) in [5, 5.41) is 3.03. The van der Waals surface area contributed by atoms with Crippen LogP contribution in [0.5, 0.6) is 0 Å². The number of rotatable bonds is 7. The van der Waals surface area contributed by atoms with E-state index in [-0.39, 0.29) is 11.7 Å². The lowest BCUT2D eigenvalue weighted by Crippen LogP contribution is -2.45. The summed E-state index contributed by atoms with van der Waals surface area (Å²) in [7, 11) is -3.62. The first-order valence-electron chi connectivity index (χ1n) is 6.37. The molecule has 0 aromatic heterocycles. The second-order valence-electron chi connectivity index (χ2n) is 4.48. The van der Waals surface area contributed by atoms with Gasteiger partial charge in [0.15, 0.2) is 0 Å². The van der Waals surface area contributed by atoms with Gasteiger partial charge in [-0.25, -0.2) is 13.1 Å². The highest BCUT2D eigenvalue weighted by Crippen LogP contribution is 2.17. The zero-order valence-electron chi connectivity index (χ0n) is 11.5. The van der Waals surface area contributed by atoms with Crippen LogP contribution >= 0.6 is 11.6 Å². The number of carbonyl (C=O) groups is 1. The summed E-state index contributed by atoms with van der Waals surface area (Å²) in [5.41, 5.74) is 0.503. The maximum absolute atomic E-state index is 12.0. The molecule has 1 atom stereocenters. The van der Waals surface area contributed by atoms with Crippen molar-refractivity contribution >= 4 is 27.5 Å². The molecule has 2 N–H and O–H groups in total. The second kappa shape index (κ2) is 7.61. The van der Waals surface area contributed by atoms with Gasteiger partial charge in [-0.1, -0.05) is 36.7 Å². The zero-order valence-corrected chi connectivity index (χ0v) is 13.1. The van der Waals surface area contributed by atoms with E-state index < -0.39 is 16.1 Å². The van der Waals surface area contributed by atoms with E-state index in [1.165, 1.54) is 6.92 Å². The van der Waals surface area contributed by atoms with Gasteiger partial charge >= 0.3 is 0 Å². The van der Waals surface area contributed by atoms with Crippen LogP contribution < -0.4 is 10.0 Å². The van der Waals surface area contributed by atoms with Crippen LogP contribution in [0.1, 0.15) is 25.8 Å². The second-order valence-corrected chi connectivity index (χ2v) is 6.64. The van der Waals surface area contributed by atoms with Gasteiger partial charge in [-0.2, -0.15) is 0 Å². The maximum Gasteiger partial charge on any atom is 0.237 e. The first-order chi connectivity index (χ1) is 9.35. The van der Waals surface area contributed by atoms with Crippen LogP contribution in [0.4, 0.5) is 0 Å². The molecule has 5 nitrogen and oxygen atoms in total. The average Bonchev–Trinajstić information content (AvgIpc) is 2.37. The molecule has 0 aliphatic rings. The Morgan fingerprint density at radius 2 is 2.00 bits per heavy atom. The largest absolute Gasteiger partial charge is 0.355 e. The fraction of sp³-hybridized carbons (Fsp3) is 0.462. The van der Waals surface area contributed by atoms with Gasteiger partial charge in [0.25, 0.3) is 0 Å². The Morgan fingerprint density at radius 3 is 2.60 bits per heavy atom. The summed E-state index contributed by atoms with van der Waals surface area (Å²) in [6.45, 7) is 3.96. The van der Waals surface area contributed by atoms with Crippen molar-refractivity contribution in [1.82, 2.24) is 10.0 Å². The summed E-state index contributed by atoms with van der Waals surface area (Å²) in [6, 6.07) is 5.91. The normalized spacial score (nSPS) is 12.9. The molecule has 20 heavy (non-hydrogen) atoms. The van der Waals surface area contributed by atoms with Crippen molar-refractivity contribution in [1.29, 1.82) is 0 Å². The minimum atomic E-state index is -3.62. The van der Waals surface area contributed by atoms with E-state index in [0.717, 1.165) is 6.42 Å². The van der Waals surface area contributed by atoms with Crippen molar-refractivity contribution in [2.24, 2.45) is 0 Å². The third kappa shape index (κ3) is 5.48. The molecule has 0 bridgehead atoms. The molecule has 1 rings (SSSR count). The number of nitrogens with one attached hydrogen (secondary N) is 2. The molecule has 0 aliphatic heterocycles. The van der Waals surface area contributed by atoms with Crippen LogP contribution in [0.3, 0.4) is 0 Å². The number of halogens is 1. The van der Waals surface area contributed by atoms with Crippen molar-refractivity contribution in [3.8, 4) is 0 Å². The fourth-order valence-corrected chi connectivity index (χ4v) is 3.26. The van der Waals surface area contributed by atoms with Crippen LogP contribution in [0.15, 0.2) is 24.3 Å². The molecule has 0 saturated heterocycles. The van der Waals surface area contributed by atoms with Crippen molar-refractivity contribution in [3.05, 3.63) is 34.9 Å². The predicted molar refractivity (Wildman–Crippen MR) is 80.0 cm³/mol. The Bertz CT molecular complexity index is 560. The molecule has 1 amide bonds. The van der Waals surface area contributed by atoms with Crippen LogP contribution in [-0.2, 0) is 20.6 Å². The molecule has 1 aromatic carbocycles. The molecule has 0 spiro atoms. The smallest absolute Gasteiger partial charge is 0.237 e. The highest BCUT2D eigenvalue weighted by Gasteiger charge is 2.20. The summed E-state index contributed by atoms with van der Waals surface area (Å²) < 4.78 is 26.3. The van der Waals surface area contributed by atoms with Gasteiger partial charge in [-0.15, -0.1) is 0 Å². The Hall–Kier alpha value is -1.11. The lowest BCUT2D eigenvalue weighted by atomic mass is 10.2. The Labute approximate surface area is 124 Å². The quantitative estimate of drug-likeness (QED) is 0.803. The van der Waals surface area contributed by atoms with E-state index in [0.29, 0.717) is 17.1 Å². The topological polar surface area (TPSA) is 75.3 Å². The first-order valence-corrected chi connectivity index (χ1v) is 8.40. The van der Waals surface area contributed by atoms with Gasteiger partial charge < -0.3 is 5.32 Å². The number of benzene rings is 1. The molecule has 0 radical (unpaired) electrons. The van der Waals surface area contributed by atoms with Crippen molar-refractivity contribution in [3.63, 3.8) is 0 Å². The average molecular weight is 319 g/mol. The van der Waals surface area contributed by atoms with Crippen molar-refractivity contribution in [2.45, 2.75) is 32.1 Å². The van der Waals surface area contributed by atoms with Crippen molar-refractivity contribution in [2.75, 3.05) is 6.54 Å². The highest BCUT2D eigenvalue weighted by molar-refractivity contribution is 7.88. The van der Waals surface area contributed by atoms with Gasteiger partial charge in [0.05, 0.1) is 11.8 Å². The molecule has 0 saturated carbocycles. The number of hydrogen-bond donors (Lipinski definition) is 2. The predicted octanol–water partition coefficient (Wildman–Crippen LogP) is 1.67. The minimum Gasteiger partial charge on any atom is -0.355 e. The maximum atomic E-state index is 12.0. The standard InChI is InChI=1S/C13H19ClN2O3S/c1-3-8-15-13(17)10(2)16-20(18,19)9-11-6-4-5-7-12(11)14/h4-7,10,16H,3,8-9H2,1-2H3,(H,15,17)/t10-/m0/s1. The lowest BCUT2D eigenvalue weighted by Gasteiger charge is -2.14. The third-order valence-electron chi connectivity index (χ3n) is 2.60. The fourth-order valence-electron chi connectivity index (χ4n) is 1.59. The van der Waals surface area contributed by atoms with E-state index in [4.69, 9.17) is 11.6 Å². The highest BCUT2D eigenvalue weighted by atomic mass is 35.5. The van der Waals surface area contributed by atoms with Crippen molar-refractivity contribution < 1.29 is 13.2 Å². The molecule has 112 valence electrons. The van der Waals surface area contributed by atoms with E-state index in [2.05, 4.69) is 10.0 Å². The van der Waals surface area contributed by atoms with Crippen LogP contribution in [0.25, 0.3) is 0 Å². The SMILES string of the molecule is CCCNC(=O)[C@H](C)NS(=O)(=O)Cc1ccccc1Cl. The minimum absolute atomic E-state index is 0.252. The molecular weight excluding hydrogens is 300 g/mol. The first kappa shape index (κ1) is 16.9. The van der Waals surface area contributed by atoms with Gasteiger partial charge in [0.2, 0.25) is 15.9 Å². The molecule has 1 aromatic rings. The van der Waals surface area contributed by atoms with E-state index >= 15 is 0 Å². The number of carbonyl (C=O) groups excluding carboxylic acids is 1. The molecule has 0 fully saturated rings. The molecule has 0 aliphatic carbocycles. The van der Waals surface area contributed by atoms with Crippen LogP contribution in [-0.4, -0.2) is 26.9 Å². The van der Waals surface area contributed by atoms with Gasteiger partial charge in [0.1, 0.15) is 0 Å². The summed E-state index contributed by atoms with van der Waals surface area (Å²) in [6.07, 6.45) is 0.796. The third-order valence-corrected chi connectivity index (χ3v) is 4.37. The summed E-state index contributed by atoms with van der Waals surface area (Å²) >= 11 is 5.93. The van der Waals surface area contributed by atoms with Gasteiger partial charge in [-0.05, 0) is 25.0 Å². The number of hydrogen-bond acceptors (Lipinski definition) is 3. The van der Waals surface area contributed by atoms with E-state index in [9.17, 15) is 13.2 Å². The summed E-state index contributed by atoms with van der Waals surface area (Å²) in [5.74, 6) is -0.590. The molecule has 0 heterocycles. The van der Waals surface area contributed by atoms with E-state index in [1.807, 2.05) is 6.92 Å². The van der Waals surface area contributed by atoms with E-state index in [1.54, 1.807) is 24.3 Å².